The van der Waals surface area contributed by atoms with Gasteiger partial charge in [-0.05, 0) is 26.0 Å². The molecule has 0 unspecified atom stereocenters. The molecule has 1 heterocycles. The smallest absolute Gasteiger partial charge is 0.406 e. The predicted molar refractivity (Wildman–Crippen MR) is 66.4 cm³/mol. The summed E-state index contributed by atoms with van der Waals surface area (Å²) in [4.78, 5) is 3.82. The highest BCUT2D eigenvalue weighted by Crippen LogP contribution is 2.34. The van der Waals surface area contributed by atoms with E-state index in [1.165, 1.54) is 10.6 Å². The Kier molecular flexibility index (Phi) is 3.59. The lowest BCUT2D eigenvalue weighted by Gasteiger charge is -2.17. The molecular formula is C13H13F5N2O. The van der Waals surface area contributed by atoms with Gasteiger partial charge in [0, 0.05) is 19.0 Å². The molecule has 1 aromatic heterocycles. The van der Waals surface area contributed by atoms with Crippen LogP contribution < -0.4 is 4.74 Å². The first kappa shape index (κ1) is 15.5. The SMILES string of the molecule is CC(C)n1c(C(C)(F)F)nc2ccc(OC(F)(F)F)cc21. The fourth-order valence-electron chi connectivity index (χ4n) is 2.10. The molecule has 0 radical (unpaired) electrons. The minimum Gasteiger partial charge on any atom is -0.406 e. The van der Waals surface area contributed by atoms with E-state index in [4.69, 9.17) is 0 Å². The van der Waals surface area contributed by atoms with Crippen molar-refractivity contribution < 1.29 is 26.7 Å². The second kappa shape index (κ2) is 4.85. The number of hydrogen-bond acceptors (Lipinski definition) is 2. The predicted octanol–water partition coefficient (Wildman–Crippen LogP) is 4.63. The van der Waals surface area contributed by atoms with Gasteiger partial charge < -0.3 is 9.30 Å². The first-order chi connectivity index (χ1) is 9.49. The molecule has 0 saturated heterocycles. The van der Waals surface area contributed by atoms with Crippen LogP contribution in [0.4, 0.5) is 22.0 Å². The Labute approximate surface area is 117 Å². The maximum atomic E-state index is 13.6. The fourth-order valence-corrected chi connectivity index (χ4v) is 2.10. The van der Waals surface area contributed by atoms with Crippen LogP contribution in [-0.4, -0.2) is 15.9 Å². The largest absolute Gasteiger partial charge is 0.573 e. The van der Waals surface area contributed by atoms with Crippen LogP contribution in [0.15, 0.2) is 18.2 Å². The third kappa shape index (κ3) is 3.25. The van der Waals surface area contributed by atoms with Crippen molar-refractivity contribution in [2.45, 2.75) is 39.1 Å². The molecule has 0 aliphatic carbocycles. The molecule has 0 N–H and O–H groups in total. The van der Waals surface area contributed by atoms with Crippen molar-refractivity contribution in [1.29, 1.82) is 0 Å². The summed E-state index contributed by atoms with van der Waals surface area (Å²) < 4.78 is 68.9. The molecule has 8 heteroatoms. The van der Waals surface area contributed by atoms with Crippen molar-refractivity contribution in [3.8, 4) is 5.75 Å². The molecule has 21 heavy (non-hydrogen) atoms. The average Bonchev–Trinajstić information content (AvgIpc) is 2.64. The molecule has 0 aliphatic rings. The Morgan fingerprint density at radius 1 is 1.14 bits per heavy atom. The van der Waals surface area contributed by atoms with Gasteiger partial charge in [0.05, 0.1) is 11.0 Å². The van der Waals surface area contributed by atoms with E-state index in [1.807, 2.05) is 0 Å². The average molecular weight is 308 g/mol. The number of halogens is 5. The van der Waals surface area contributed by atoms with Crippen LogP contribution in [0.2, 0.25) is 0 Å². The first-order valence-corrected chi connectivity index (χ1v) is 6.15. The maximum absolute atomic E-state index is 13.6. The van der Waals surface area contributed by atoms with Crippen molar-refractivity contribution in [3.63, 3.8) is 0 Å². The Hall–Kier alpha value is -1.86. The number of nitrogens with zero attached hydrogens (tertiary/aromatic N) is 2. The van der Waals surface area contributed by atoms with Gasteiger partial charge in [0.2, 0.25) is 0 Å². The number of fused-ring (bicyclic) bond motifs is 1. The highest BCUT2D eigenvalue weighted by molar-refractivity contribution is 5.78. The molecule has 3 nitrogen and oxygen atoms in total. The summed E-state index contributed by atoms with van der Waals surface area (Å²) in [6.07, 6.45) is -4.84. The number of alkyl halides is 5. The highest BCUT2D eigenvalue weighted by atomic mass is 19.4. The van der Waals surface area contributed by atoms with Crippen LogP contribution in [0.25, 0.3) is 11.0 Å². The molecule has 0 amide bonds. The quantitative estimate of drug-likeness (QED) is 0.773. The topological polar surface area (TPSA) is 27.1 Å². The minimum atomic E-state index is -4.84. The van der Waals surface area contributed by atoms with Gasteiger partial charge in [-0.1, -0.05) is 0 Å². The summed E-state index contributed by atoms with van der Waals surface area (Å²) in [5, 5.41) is 0. The highest BCUT2D eigenvalue weighted by Gasteiger charge is 2.34. The summed E-state index contributed by atoms with van der Waals surface area (Å²) in [5.74, 6) is -4.16. The Morgan fingerprint density at radius 2 is 1.76 bits per heavy atom. The lowest BCUT2D eigenvalue weighted by Crippen LogP contribution is -2.18. The van der Waals surface area contributed by atoms with E-state index in [-0.39, 0.29) is 11.0 Å². The Bertz CT molecular complexity index is 655. The van der Waals surface area contributed by atoms with Crippen molar-refractivity contribution in [2.75, 3.05) is 0 Å². The molecule has 0 atom stereocenters. The number of hydrogen-bond donors (Lipinski definition) is 0. The van der Waals surface area contributed by atoms with E-state index in [0.717, 1.165) is 12.1 Å². The van der Waals surface area contributed by atoms with E-state index in [2.05, 4.69) is 9.72 Å². The minimum absolute atomic E-state index is 0.170. The third-order valence-electron chi connectivity index (χ3n) is 2.80. The fraction of sp³-hybridized carbons (Fsp3) is 0.462. The van der Waals surface area contributed by atoms with Gasteiger partial charge in [-0.2, -0.15) is 8.78 Å². The molecule has 1 aromatic carbocycles. The molecule has 0 bridgehead atoms. The van der Waals surface area contributed by atoms with E-state index in [1.54, 1.807) is 13.8 Å². The maximum Gasteiger partial charge on any atom is 0.573 e. The number of ether oxygens (including phenoxy) is 1. The van der Waals surface area contributed by atoms with Crippen LogP contribution in [-0.2, 0) is 5.92 Å². The van der Waals surface area contributed by atoms with Crippen LogP contribution in [0, 0.1) is 0 Å². The molecule has 0 fully saturated rings. The standard InChI is InChI=1S/C13H13F5N2O/c1-7(2)20-10-6-8(21-13(16,17)18)4-5-9(10)19-11(20)12(3,14)15/h4-7H,1-3H3. The van der Waals surface area contributed by atoms with Crippen molar-refractivity contribution in [3.05, 3.63) is 24.0 Å². The number of rotatable bonds is 3. The molecule has 0 saturated carbocycles. The van der Waals surface area contributed by atoms with Gasteiger partial charge in [0.15, 0.2) is 5.82 Å². The molecule has 2 aromatic rings. The first-order valence-electron chi connectivity index (χ1n) is 6.15. The zero-order valence-corrected chi connectivity index (χ0v) is 11.5. The Morgan fingerprint density at radius 3 is 2.24 bits per heavy atom. The van der Waals surface area contributed by atoms with E-state index < -0.39 is 29.9 Å². The molecule has 0 spiro atoms. The van der Waals surface area contributed by atoms with E-state index in [0.29, 0.717) is 6.92 Å². The summed E-state index contributed by atoms with van der Waals surface area (Å²) in [5.41, 5.74) is 0.359. The van der Waals surface area contributed by atoms with Crippen molar-refractivity contribution >= 4 is 11.0 Å². The van der Waals surface area contributed by atoms with Crippen LogP contribution in [0.1, 0.15) is 32.6 Å². The summed E-state index contributed by atoms with van der Waals surface area (Å²) in [7, 11) is 0. The second-order valence-electron chi connectivity index (χ2n) is 4.99. The number of aromatic nitrogens is 2. The van der Waals surface area contributed by atoms with Gasteiger partial charge in [0.25, 0.3) is 0 Å². The summed E-state index contributed by atoms with van der Waals surface area (Å²) in [6.45, 7) is 3.99. The van der Waals surface area contributed by atoms with Gasteiger partial charge in [-0.15, -0.1) is 13.2 Å². The molecule has 116 valence electrons. The van der Waals surface area contributed by atoms with Crippen molar-refractivity contribution in [1.82, 2.24) is 9.55 Å². The van der Waals surface area contributed by atoms with Crippen LogP contribution in [0.3, 0.4) is 0 Å². The normalized spacial score (nSPS) is 13.2. The number of benzene rings is 1. The zero-order valence-electron chi connectivity index (χ0n) is 11.5. The molecular weight excluding hydrogens is 295 g/mol. The summed E-state index contributed by atoms with van der Waals surface area (Å²) in [6, 6.07) is 2.94. The van der Waals surface area contributed by atoms with Crippen molar-refractivity contribution in [2.24, 2.45) is 0 Å². The van der Waals surface area contributed by atoms with Gasteiger partial charge in [0.1, 0.15) is 5.75 Å². The number of imidazole rings is 1. The lowest BCUT2D eigenvalue weighted by molar-refractivity contribution is -0.274. The lowest BCUT2D eigenvalue weighted by atomic mass is 10.2. The monoisotopic (exact) mass is 308 g/mol. The van der Waals surface area contributed by atoms with Gasteiger partial charge in [-0.25, -0.2) is 4.98 Å². The zero-order chi connectivity index (χ0) is 16.0. The van der Waals surface area contributed by atoms with Crippen LogP contribution in [0.5, 0.6) is 5.75 Å². The van der Waals surface area contributed by atoms with Gasteiger partial charge >= 0.3 is 12.3 Å². The molecule has 0 aliphatic heterocycles. The van der Waals surface area contributed by atoms with Gasteiger partial charge in [-0.3, -0.25) is 0 Å². The molecule has 2 rings (SSSR count). The van der Waals surface area contributed by atoms with E-state index >= 15 is 0 Å². The Balaban J connectivity index is 2.63. The van der Waals surface area contributed by atoms with Crippen LogP contribution >= 0.6 is 0 Å². The second-order valence-corrected chi connectivity index (χ2v) is 4.99. The summed E-state index contributed by atoms with van der Waals surface area (Å²) >= 11 is 0. The van der Waals surface area contributed by atoms with E-state index in [9.17, 15) is 22.0 Å². The third-order valence-corrected chi connectivity index (χ3v) is 2.80.